The Morgan fingerprint density at radius 2 is 1.80 bits per heavy atom. The third-order valence-corrected chi connectivity index (χ3v) is 5.64. The third-order valence-electron chi connectivity index (χ3n) is 5.64. The second-order valence-electron chi connectivity index (χ2n) is 8.07. The maximum absolute atomic E-state index is 12.2. The Morgan fingerprint density at radius 3 is 2.53 bits per heavy atom. The monoisotopic (exact) mass is 404 g/mol. The zero-order valence-electron chi connectivity index (χ0n) is 17.5. The van der Waals surface area contributed by atoms with Crippen LogP contribution in [0, 0.1) is 5.92 Å². The smallest absolute Gasteiger partial charge is 0.269 e. The number of pyridine rings is 1. The largest absolute Gasteiger partial charge is 0.362 e. The molecule has 1 aromatic carbocycles. The first-order valence-electron chi connectivity index (χ1n) is 10.5. The van der Waals surface area contributed by atoms with E-state index < -0.39 is 0 Å². The Labute approximate surface area is 176 Å². The van der Waals surface area contributed by atoms with E-state index in [2.05, 4.69) is 21.7 Å². The molecular formula is C23H28N6O. The predicted octanol–water partition coefficient (Wildman–Crippen LogP) is 3.49. The molecule has 0 unspecified atom stereocenters. The van der Waals surface area contributed by atoms with Crippen molar-refractivity contribution in [2.75, 3.05) is 30.9 Å². The minimum absolute atomic E-state index is 0.100. The fourth-order valence-corrected chi connectivity index (χ4v) is 3.98. The molecular weight excluding hydrogens is 376 g/mol. The van der Waals surface area contributed by atoms with Crippen LogP contribution in [0.1, 0.15) is 36.2 Å². The molecule has 2 N–H and O–H groups in total. The van der Waals surface area contributed by atoms with Crippen molar-refractivity contribution < 1.29 is 4.79 Å². The van der Waals surface area contributed by atoms with Crippen molar-refractivity contribution in [3.63, 3.8) is 0 Å². The lowest BCUT2D eigenvalue weighted by molar-refractivity contribution is 0.0938. The van der Waals surface area contributed by atoms with E-state index in [9.17, 15) is 4.79 Å². The molecule has 2 heterocycles. The molecule has 2 aromatic heterocycles. The Morgan fingerprint density at radius 1 is 1.03 bits per heavy atom. The molecule has 0 saturated heterocycles. The number of amides is 1. The van der Waals surface area contributed by atoms with Crippen LogP contribution in [0.2, 0.25) is 0 Å². The van der Waals surface area contributed by atoms with Crippen LogP contribution < -0.4 is 15.5 Å². The van der Waals surface area contributed by atoms with Gasteiger partial charge in [-0.25, -0.2) is 4.98 Å². The molecule has 1 amide bonds. The number of benzene rings is 1. The maximum Gasteiger partial charge on any atom is 0.269 e. The topological polar surface area (TPSA) is 83.0 Å². The molecule has 3 aromatic rings. The molecule has 1 aliphatic rings. The Balaban J connectivity index is 1.32. The highest BCUT2D eigenvalue weighted by Crippen LogP contribution is 2.28. The summed E-state index contributed by atoms with van der Waals surface area (Å²) in [5.74, 6) is 2.00. The summed E-state index contributed by atoms with van der Waals surface area (Å²) in [6.07, 6.45) is 5.85. The van der Waals surface area contributed by atoms with E-state index in [0.29, 0.717) is 30.1 Å². The number of rotatable bonds is 6. The van der Waals surface area contributed by atoms with Crippen LogP contribution >= 0.6 is 0 Å². The average Bonchev–Trinajstić information content (AvgIpc) is 2.78. The highest BCUT2D eigenvalue weighted by molar-refractivity contribution is 5.92. The zero-order chi connectivity index (χ0) is 20.9. The lowest BCUT2D eigenvalue weighted by Gasteiger charge is -2.29. The molecule has 0 radical (unpaired) electrons. The molecule has 0 aliphatic heterocycles. The van der Waals surface area contributed by atoms with E-state index in [0.717, 1.165) is 42.4 Å². The van der Waals surface area contributed by atoms with Gasteiger partial charge in [0, 0.05) is 38.3 Å². The highest BCUT2D eigenvalue weighted by atomic mass is 16.1. The Bertz CT molecular complexity index is 999. The normalized spacial score (nSPS) is 18.7. The van der Waals surface area contributed by atoms with E-state index >= 15 is 0 Å². The average molecular weight is 405 g/mol. The molecule has 30 heavy (non-hydrogen) atoms. The summed E-state index contributed by atoms with van der Waals surface area (Å²) < 4.78 is 0. The summed E-state index contributed by atoms with van der Waals surface area (Å²) in [4.78, 5) is 27.8. The van der Waals surface area contributed by atoms with Crippen molar-refractivity contribution >= 4 is 28.6 Å². The molecule has 0 atom stereocenters. The van der Waals surface area contributed by atoms with Crippen molar-refractivity contribution in [1.82, 2.24) is 20.3 Å². The van der Waals surface area contributed by atoms with Crippen molar-refractivity contribution in [2.45, 2.75) is 31.7 Å². The fraction of sp³-hybridized carbons (Fsp3) is 0.391. The van der Waals surface area contributed by atoms with Gasteiger partial charge in [0.15, 0.2) is 0 Å². The van der Waals surface area contributed by atoms with Crippen LogP contribution in [0.5, 0.6) is 0 Å². The molecule has 0 spiro atoms. The number of aromatic nitrogens is 3. The van der Waals surface area contributed by atoms with Crippen LogP contribution in [-0.2, 0) is 0 Å². The molecule has 7 nitrogen and oxygen atoms in total. The summed E-state index contributed by atoms with van der Waals surface area (Å²) in [5, 5.41) is 7.61. The summed E-state index contributed by atoms with van der Waals surface area (Å²) >= 11 is 0. The molecule has 0 bridgehead atoms. The quantitative estimate of drug-likeness (QED) is 0.654. The van der Waals surface area contributed by atoms with Gasteiger partial charge in [0.25, 0.3) is 5.91 Å². The molecule has 4 rings (SSSR count). The highest BCUT2D eigenvalue weighted by Gasteiger charge is 2.23. The molecule has 7 heteroatoms. The predicted molar refractivity (Wildman–Crippen MR) is 120 cm³/mol. The first kappa shape index (κ1) is 20.1. The Hall–Kier alpha value is -3.22. The van der Waals surface area contributed by atoms with Crippen molar-refractivity contribution in [3.8, 4) is 0 Å². The maximum atomic E-state index is 12.2. The van der Waals surface area contributed by atoms with Crippen molar-refractivity contribution in [1.29, 1.82) is 0 Å². The summed E-state index contributed by atoms with van der Waals surface area (Å²) in [7, 11) is 4.01. The van der Waals surface area contributed by atoms with E-state index in [4.69, 9.17) is 9.97 Å². The number of nitrogens with zero attached hydrogens (tertiary/aromatic N) is 4. The minimum Gasteiger partial charge on any atom is -0.362 e. The van der Waals surface area contributed by atoms with E-state index in [1.165, 1.54) is 0 Å². The van der Waals surface area contributed by atoms with Gasteiger partial charge in [-0.1, -0.05) is 18.2 Å². The number of carbonyl (C=O) groups is 1. The fourth-order valence-electron chi connectivity index (χ4n) is 3.98. The number of anilines is 2. The number of nitrogens with one attached hydrogen (secondary N) is 2. The van der Waals surface area contributed by atoms with E-state index in [1.807, 2.05) is 49.3 Å². The van der Waals surface area contributed by atoms with E-state index in [1.54, 1.807) is 12.3 Å². The van der Waals surface area contributed by atoms with E-state index in [-0.39, 0.29) is 5.91 Å². The van der Waals surface area contributed by atoms with Crippen LogP contribution in [0.4, 0.5) is 11.8 Å². The second-order valence-corrected chi connectivity index (χ2v) is 8.07. The molecule has 156 valence electrons. The van der Waals surface area contributed by atoms with Crippen molar-refractivity contribution in [3.05, 3.63) is 54.4 Å². The number of hydrogen-bond acceptors (Lipinski definition) is 6. The summed E-state index contributed by atoms with van der Waals surface area (Å²) in [6.45, 7) is 0.694. The molecule has 1 saturated carbocycles. The standard InChI is InChI=1S/C23H28N6O/c1-29(2)21-18-7-3-4-8-19(18)27-23(28-21)26-17-12-10-16(11-13-17)15-25-22(30)20-9-5-6-14-24-20/h3-9,14,16-17H,10-13,15H2,1-2H3,(H,25,30)(H,26,27,28). The van der Waals surface area contributed by atoms with Crippen LogP contribution in [0.3, 0.4) is 0 Å². The van der Waals surface area contributed by atoms with Gasteiger partial charge in [0.2, 0.25) is 5.95 Å². The molecule has 1 aliphatic carbocycles. The number of para-hydroxylation sites is 1. The van der Waals surface area contributed by atoms with Crippen LogP contribution in [-0.4, -0.2) is 47.5 Å². The minimum atomic E-state index is -0.100. The van der Waals surface area contributed by atoms with Crippen molar-refractivity contribution in [2.24, 2.45) is 5.92 Å². The van der Waals surface area contributed by atoms with Gasteiger partial charge in [-0.3, -0.25) is 9.78 Å². The SMILES string of the molecule is CN(C)c1nc(NC2CCC(CNC(=O)c3ccccn3)CC2)nc2ccccc12. The first-order valence-corrected chi connectivity index (χ1v) is 10.5. The lowest BCUT2D eigenvalue weighted by atomic mass is 9.86. The van der Waals surface area contributed by atoms with Gasteiger partial charge in [-0.05, 0) is 55.9 Å². The Kier molecular flexibility index (Phi) is 6.07. The van der Waals surface area contributed by atoms with Gasteiger partial charge in [0.1, 0.15) is 11.5 Å². The zero-order valence-corrected chi connectivity index (χ0v) is 17.5. The van der Waals surface area contributed by atoms with Gasteiger partial charge < -0.3 is 15.5 Å². The first-order chi connectivity index (χ1) is 14.6. The number of fused-ring (bicyclic) bond motifs is 1. The van der Waals surface area contributed by atoms with Gasteiger partial charge in [-0.2, -0.15) is 4.98 Å². The van der Waals surface area contributed by atoms with Gasteiger partial charge in [0.05, 0.1) is 5.52 Å². The van der Waals surface area contributed by atoms with Gasteiger partial charge in [-0.15, -0.1) is 0 Å². The number of hydrogen-bond donors (Lipinski definition) is 2. The molecule has 1 fully saturated rings. The van der Waals surface area contributed by atoms with Crippen LogP contribution in [0.25, 0.3) is 10.9 Å². The third kappa shape index (κ3) is 4.67. The summed E-state index contributed by atoms with van der Waals surface area (Å²) in [6, 6.07) is 13.8. The second kappa shape index (κ2) is 9.07. The number of carbonyl (C=O) groups excluding carboxylic acids is 1. The lowest BCUT2D eigenvalue weighted by Crippen LogP contribution is -2.34. The van der Waals surface area contributed by atoms with Crippen LogP contribution in [0.15, 0.2) is 48.7 Å². The van der Waals surface area contributed by atoms with Gasteiger partial charge >= 0.3 is 0 Å². The summed E-state index contributed by atoms with van der Waals surface area (Å²) in [5.41, 5.74) is 1.42.